The fraction of sp³-hybridized carbons (Fsp3) is 0.542. The second-order valence-electron chi connectivity index (χ2n) is 8.87. The lowest BCUT2D eigenvalue weighted by Crippen LogP contribution is -2.68. The second-order valence-corrected chi connectivity index (χ2v) is 8.87. The van der Waals surface area contributed by atoms with Gasteiger partial charge in [-0.2, -0.15) is 0 Å². The number of barbiturate groups is 1. The fourth-order valence-corrected chi connectivity index (χ4v) is 3.83. The number of imide groups is 2. The first-order chi connectivity index (χ1) is 15.5. The topological polar surface area (TPSA) is 98.3 Å². The van der Waals surface area contributed by atoms with Crippen LogP contribution in [0.3, 0.4) is 0 Å². The molecule has 1 fully saturated rings. The molecule has 0 saturated carbocycles. The Labute approximate surface area is 195 Å². The quantitative estimate of drug-likeness (QED) is 0.434. The van der Waals surface area contributed by atoms with Gasteiger partial charge >= 0.3 is 6.03 Å². The minimum atomic E-state index is -1.67. The molecule has 2 rings (SSSR count). The highest BCUT2D eigenvalue weighted by molar-refractivity contribution is 6.24. The molecular formula is C24H34N4O5. The van der Waals surface area contributed by atoms with E-state index in [4.69, 9.17) is 0 Å². The first-order valence-electron chi connectivity index (χ1n) is 11.1. The van der Waals surface area contributed by atoms with E-state index < -0.39 is 36.3 Å². The molecular weight excluding hydrogens is 424 g/mol. The van der Waals surface area contributed by atoms with Gasteiger partial charge in [-0.25, -0.2) is 4.79 Å². The molecule has 0 radical (unpaired) electrons. The average molecular weight is 459 g/mol. The summed E-state index contributed by atoms with van der Waals surface area (Å²) in [6.45, 7) is 1.76. The summed E-state index contributed by atoms with van der Waals surface area (Å²) in [7, 11) is 7.28. The van der Waals surface area contributed by atoms with Gasteiger partial charge in [-0.3, -0.25) is 29.0 Å². The lowest BCUT2D eigenvalue weighted by Gasteiger charge is -2.43. The number of ketones is 2. The van der Waals surface area contributed by atoms with Gasteiger partial charge in [0.15, 0.2) is 17.0 Å². The number of carbonyl (C=O) groups is 5. The van der Waals surface area contributed by atoms with Crippen molar-refractivity contribution in [1.29, 1.82) is 0 Å². The van der Waals surface area contributed by atoms with Gasteiger partial charge in [0.25, 0.3) is 11.8 Å². The molecule has 9 nitrogen and oxygen atoms in total. The maximum Gasteiger partial charge on any atom is 0.334 e. The van der Waals surface area contributed by atoms with E-state index in [0.29, 0.717) is 18.7 Å². The van der Waals surface area contributed by atoms with Gasteiger partial charge in [0.05, 0.1) is 13.1 Å². The van der Waals surface area contributed by atoms with Crippen molar-refractivity contribution in [3.05, 3.63) is 35.9 Å². The van der Waals surface area contributed by atoms with Gasteiger partial charge in [-0.15, -0.1) is 0 Å². The van der Waals surface area contributed by atoms with E-state index in [-0.39, 0.29) is 30.8 Å². The van der Waals surface area contributed by atoms with Crippen molar-refractivity contribution in [1.82, 2.24) is 19.6 Å². The van der Waals surface area contributed by atoms with Crippen LogP contribution in [0.5, 0.6) is 0 Å². The summed E-state index contributed by atoms with van der Waals surface area (Å²) < 4.78 is 0. The van der Waals surface area contributed by atoms with Crippen molar-refractivity contribution < 1.29 is 24.0 Å². The largest absolute Gasteiger partial charge is 0.334 e. The Morgan fingerprint density at radius 2 is 1.21 bits per heavy atom. The molecule has 0 N–H and O–H groups in total. The van der Waals surface area contributed by atoms with Gasteiger partial charge < -0.3 is 9.80 Å². The van der Waals surface area contributed by atoms with E-state index in [1.807, 2.05) is 38.0 Å². The van der Waals surface area contributed by atoms with Gasteiger partial charge in [0.2, 0.25) is 0 Å². The minimum absolute atomic E-state index is 0.0900. The van der Waals surface area contributed by atoms with Crippen LogP contribution < -0.4 is 0 Å². The molecule has 1 aliphatic heterocycles. The van der Waals surface area contributed by atoms with Gasteiger partial charge in [-0.05, 0) is 40.2 Å². The van der Waals surface area contributed by atoms with Crippen molar-refractivity contribution in [2.24, 2.45) is 0 Å². The van der Waals surface area contributed by atoms with Crippen molar-refractivity contribution in [3.63, 3.8) is 0 Å². The molecule has 1 aromatic rings. The van der Waals surface area contributed by atoms with E-state index >= 15 is 0 Å². The molecule has 9 heteroatoms. The average Bonchev–Trinajstić information content (AvgIpc) is 2.78. The van der Waals surface area contributed by atoms with E-state index in [1.165, 1.54) is 0 Å². The zero-order chi connectivity index (χ0) is 24.8. The van der Waals surface area contributed by atoms with E-state index in [2.05, 4.69) is 0 Å². The molecule has 0 spiro atoms. The van der Waals surface area contributed by atoms with Crippen LogP contribution in [-0.2, 0) is 24.6 Å². The number of hydrogen-bond acceptors (Lipinski definition) is 7. The van der Waals surface area contributed by atoms with Crippen LogP contribution in [0, 0.1) is 0 Å². The summed E-state index contributed by atoms with van der Waals surface area (Å²) in [6, 6.07) is 7.59. The highest BCUT2D eigenvalue weighted by Gasteiger charge is 2.57. The number of carbonyl (C=O) groups excluding carboxylic acids is 5. The Hall–Kier alpha value is -2.91. The third-order valence-electron chi connectivity index (χ3n) is 5.82. The molecule has 1 saturated heterocycles. The number of urea groups is 1. The van der Waals surface area contributed by atoms with Crippen molar-refractivity contribution >= 4 is 29.4 Å². The maximum absolute atomic E-state index is 13.6. The van der Waals surface area contributed by atoms with Crippen LogP contribution in [0.2, 0.25) is 0 Å². The van der Waals surface area contributed by atoms with Crippen LogP contribution in [0.25, 0.3) is 0 Å². The number of benzene rings is 1. The Morgan fingerprint density at radius 3 is 1.58 bits per heavy atom. The molecule has 0 aromatic heterocycles. The van der Waals surface area contributed by atoms with Gasteiger partial charge in [0, 0.05) is 25.9 Å². The maximum atomic E-state index is 13.6. The molecule has 0 bridgehead atoms. The van der Waals surface area contributed by atoms with Gasteiger partial charge in [-0.1, -0.05) is 37.3 Å². The SMILES string of the molecule is CCC1(c2ccccc2)C(=O)N(CC(=O)CCN(C)C)C(=O)N(CC(=O)CCN(C)C)C1=O. The highest BCUT2D eigenvalue weighted by Crippen LogP contribution is 2.36. The Morgan fingerprint density at radius 1 is 0.788 bits per heavy atom. The summed E-state index contributed by atoms with van der Waals surface area (Å²) in [4.78, 5) is 71.0. The van der Waals surface area contributed by atoms with E-state index in [9.17, 15) is 24.0 Å². The monoisotopic (exact) mass is 458 g/mol. The number of nitrogens with zero attached hydrogens (tertiary/aromatic N) is 4. The summed E-state index contributed by atoms with van der Waals surface area (Å²) in [5.41, 5.74) is -1.23. The number of Topliss-reactive ketones (excluding diaryl/α,β-unsaturated/α-hetero) is 2. The van der Waals surface area contributed by atoms with Crippen molar-refractivity contribution in [2.75, 3.05) is 54.4 Å². The summed E-state index contributed by atoms with van der Waals surface area (Å²) in [5.74, 6) is -2.03. The van der Waals surface area contributed by atoms with Crippen LogP contribution in [0.4, 0.5) is 4.79 Å². The molecule has 180 valence electrons. The summed E-state index contributed by atoms with van der Waals surface area (Å²) in [5, 5.41) is 0. The van der Waals surface area contributed by atoms with Crippen LogP contribution >= 0.6 is 0 Å². The summed E-state index contributed by atoms with van der Waals surface area (Å²) in [6.07, 6.45) is 0.404. The first-order valence-corrected chi connectivity index (χ1v) is 11.1. The minimum Gasteiger partial charge on any atom is -0.309 e. The lowest BCUT2D eigenvalue weighted by molar-refractivity contribution is -0.155. The van der Waals surface area contributed by atoms with Crippen LogP contribution in [-0.4, -0.2) is 103 Å². The van der Waals surface area contributed by atoms with E-state index in [1.54, 1.807) is 37.3 Å². The third kappa shape index (κ3) is 5.91. The van der Waals surface area contributed by atoms with Crippen molar-refractivity contribution in [2.45, 2.75) is 31.6 Å². The Balaban J connectivity index is 2.44. The molecule has 4 amide bonds. The van der Waals surface area contributed by atoms with Crippen molar-refractivity contribution in [3.8, 4) is 0 Å². The fourth-order valence-electron chi connectivity index (χ4n) is 3.83. The smallest absolute Gasteiger partial charge is 0.309 e. The lowest BCUT2D eigenvalue weighted by atomic mass is 9.74. The predicted octanol–water partition coefficient (Wildman–Crippen LogP) is 1.17. The molecule has 1 aromatic carbocycles. The zero-order valence-corrected chi connectivity index (χ0v) is 20.2. The predicted molar refractivity (Wildman–Crippen MR) is 124 cm³/mol. The van der Waals surface area contributed by atoms with Gasteiger partial charge in [0.1, 0.15) is 0 Å². The van der Waals surface area contributed by atoms with Crippen LogP contribution in [0.15, 0.2) is 30.3 Å². The first kappa shape index (κ1) is 26.3. The number of rotatable bonds is 12. The normalized spacial score (nSPS) is 16.2. The van der Waals surface area contributed by atoms with E-state index in [0.717, 1.165) is 9.80 Å². The Bertz CT molecular complexity index is 849. The highest BCUT2D eigenvalue weighted by atomic mass is 16.2. The number of amides is 4. The Kier molecular flexibility index (Phi) is 9.01. The summed E-state index contributed by atoms with van der Waals surface area (Å²) >= 11 is 0. The molecule has 0 unspecified atom stereocenters. The number of hydrogen-bond donors (Lipinski definition) is 0. The third-order valence-corrected chi connectivity index (χ3v) is 5.82. The zero-order valence-electron chi connectivity index (χ0n) is 20.2. The molecule has 1 aliphatic rings. The second kappa shape index (κ2) is 11.3. The molecule has 0 atom stereocenters. The van der Waals surface area contributed by atoms with Crippen LogP contribution in [0.1, 0.15) is 31.7 Å². The molecule has 1 heterocycles. The molecule has 0 aliphatic carbocycles. The molecule has 33 heavy (non-hydrogen) atoms. The standard InChI is InChI=1S/C24H34N4O5/c1-6-24(18-10-8-7-9-11-18)21(31)27(16-19(29)12-14-25(2)3)23(33)28(22(24)32)17-20(30)13-15-26(4)5/h7-11H,6,12-17H2,1-5H3.